The fourth-order valence-electron chi connectivity index (χ4n) is 8.31. The highest BCUT2D eigenvalue weighted by atomic mass is 32.2. The van der Waals surface area contributed by atoms with Crippen molar-refractivity contribution in [2.24, 2.45) is 0 Å². The first-order valence-corrected chi connectivity index (χ1v) is 21.3. The molecule has 1 atom stereocenters. The molecule has 1 aromatic heterocycles. The number of thioether (sulfide) groups is 1. The number of aliphatic hydroxyl groups is 1. The van der Waals surface area contributed by atoms with Gasteiger partial charge in [0.15, 0.2) is 0 Å². The number of likely N-dealkylation sites (tertiary alicyclic amines) is 3. The minimum Gasteiger partial charge on any atom is -0.390 e. The van der Waals surface area contributed by atoms with Crippen LogP contribution in [-0.4, -0.2) is 118 Å². The molecule has 3 aromatic rings. The van der Waals surface area contributed by atoms with Crippen LogP contribution < -0.4 is 0 Å². The maximum Gasteiger partial charge on any atom is 0.417 e. The van der Waals surface area contributed by atoms with E-state index in [4.69, 9.17) is 5.10 Å². The van der Waals surface area contributed by atoms with Gasteiger partial charge in [-0.25, -0.2) is 8.42 Å². The smallest absolute Gasteiger partial charge is 0.390 e. The van der Waals surface area contributed by atoms with Crippen molar-refractivity contribution in [1.82, 2.24) is 28.8 Å². The van der Waals surface area contributed by atoms with Crippen molar-refractivity contribution in [3.05, 3.63) is 65.4 Å². The van der Waals surface area contributed by atoms with Crippen molar-refractivity contribution in [2.45, 2.75) is 92.6 Å². The molecule has 15 heteroatoms. The molecule has 4 aliphatic heterocycles. The molecule has 1 N–H and O–H groups in total. The Bertz CT molecular complexity index is 1840. The molecule has 0 radical (unpaired) electrons. The number of rotatable bonds is 12. The van der Waals surface area contributed by atoms with Gasteiger partial charge >= 0.3 is 6.18 Å². The number of aliphatic hydroxyl groups excluding tert-OH is 1. The second-order valence-electron chi connectivity index (χ2n) is 14.7. The molecule has 3 saturated heterocycles. The summed E-state index contributed by atoms with van der Waals surface area (Å²) in [5, 5.41) is 16.3. The van der Waals surface area contributed by atoms with Gasteiger partial charge in [0.05, 0.1) is 28.8 Å². The van der Waals surface area contributed by atoms with Crippen molar-refractivity contribution in [3.8, 4) is 11.3 Å². The number of piperidine rings is 2. The SMILES string of the molecule is O=C1CCCN1C1CCN(CC(O)Cn2nc(-c3ccc(C(F)(F)F)c(SCCN4CCCCC4)c3)c3c2CCN(S(=O)(=O)c2ccccc2)C3)CC1. The number of alkyl halides is 3. The first kappa shape index (κ1) is 38.3. The minimum absolute atomic E-state index is 0.0131. The molecule has 0 bridgehead atoms. The van der Waals surface area contributed by atoms with Crippen LogP contribution in [0.3, 0.4) is 0 Å². The number of carbonyl (C=O) groups is 1. The summed E-state index contributed by atoms with van der Waals surface area (Å²) in [6, 6.07) is 12.5. The summed E-state index contributed by atoms with van der Waals surface area (Å²) in [7, 11) is -3.85. The predicted octanol–water partition coefficient (Wildman–Crippen LogP) is 5.34. The number of aromatic nitrogens is 2. The first-order chi connectivity index (χ1) is 25.5. The van der Waals surface area contributed by atoms with Gasteiger partial charge in [-0.3, -0.25) is 9.48 Å². The van der Waals surface area contributed by atoms with Crippen LogP contribution in [0.4, 0.5) is 13.2 Å². The maximum atomic E-state index is 14.3. The van der Waals surface area contributed by atoms with E-state index in [-0.39, 0.29) is 41.4 Å². The number of fused-ring (bicyclic) bond motifs is 1. The molecule has 1 unspecified atom stereocenters. The molecule has 0 spiro atoms. The van der Waals surface area contributed by atoms with E-state index in [2.05, 4.69) is 9.80 Å². The standard InChI is InChI=1S/C38H49F3N6O4S2/c39-38(40,41)33-12-11-28(24-35(33)52-23-22-43-16-5-2-6-17-43)37-32-27-45(53(50,51)31-8-3-1-4-9-31)21-15-34(32)47(42-37)26-30(48)25-44-19-13-29(14-20-44)46-18-7-10-36(46)49/h1,3-4,8-9,11-12,24,29-30,48H,2,5-7,10,13-23,25-27H2. The number of nitrogens with zero attached hydrogens (tertiary/aromatic N) is 6. The lowest BCUT2D eigenvalue weighted by Crippen LogP contribution is -2.47. The zero-order valence-corrected chi connectivity index (χ0v) is 31.6. The highest BCUT2D eigenvalue weighted by Gasteiger charge is 2.37. The number of carbonyl (C=O) groups excluding carboxylic acids is 1. The Morgan fingerprint density at radius 3 is 2.34 bits per heavy atom. The second-order valence-corrected chi connectivity index (χ2v) is 17.8. The molecule has 4 aliphatic rings. The third-order valence-corrected chi connectivity index (χ3v) is 14.0. The fourth-order valence-corrected chi connectivity index (χ4v) is 10.9. The van der Waals surface area contributed by atoms with E-state index in [1.807, 2.05) is 4.90 Å². The van der Waals surface area contributed by atoms with Gasteiger partial charge < -0.3 is 19.8 Å². The molecular weight excluding hydrogens is 726 g/mol. The van der Waals surface area contributed by atoms with E-state index in [0.717, 1.165) is 76.6 Å². The molecule has 1 amide bonds. The number of hydrogen-bond acceptors (Lipinski definition) is 8. The average Bonchev–Trinajstić information content (AvgIpc) is 3.75. The zero-order valence-electron chi connectivity index (χ0n) is 30.0. The largest absolute Gasteiger partial charge is 0.417 e. The average molecular weight is 775 g/mol. The van der Waals surface area contributed by atoms with Gasteiger partial charge in [0, 0.05) is 92.2 Å². The van der Waals surface area contributed by atoms with Crippen molar-refractivity contribution >= 4 is 27.7 Å². The number of amides is 1. The normalized spacial score (nSPS) is 20.6. The Hall–Kier alpha value is -2.95. The van der Waals surface area contributed by atoms with Crippen molar-refractivity contribution in [2.75, 3.05) is 58.1 Å². The van der Waals surface area contributed by atoms with E-state index in [1.165, 1.54) is 28.6 Å². The van der Waals surface area contributed by atoms with Gasteiger partial charge in [-0.2, -0.15) is 22.6 Å². The molecule has 5 heterocycles. The van der Waals surface area contributed by atoms with Crippen molar-refractivity contribution < 1.29 is 31.5 Å². The van der Waals surface area contributed by atoms with Gasteiger partial charge in [-0.05, 0) is 69.5 Å². The third-order valence-electron chi connectivity index (χ3n) is 11.1. The molecule has 10 nitrogen and oxygen atoms in total. The van der Waals surface area contributed by atoms with Gasteiger partial charge in [0.25, 0.3) is 0 Å². The van der Waals surface area contributed by atoms with E-state index in [1.54, 1.807) is 41.1 Å². The number of hydrogen-bond donors (Lipinski definition) is 1. The highest BCUT2D eigenvalue weighted by Crippen LogP contribution is 2.41. The summed E-state index contributed by atoms with van der Waals surface area (Å²) in [4.78, 5) is 19.1. The van der Waals surface area contributed by atoms with Crippen LogP contribution in [-0.2, 0) is 40.5 Å². The van der Waals surface area contributed by atoms with Crippen LogP contribution in [0.2, 0.25) is 0 Å². The number of halogens is 3. The van der Waals surface area contributed by atoms with Crippen LogP contribution >= 0.6 is 11.8 Å². The lowest BCUT2D eigenvalue weighted by atomic mass is 10.0. The van der Waals surface area contributed by atoms with Crippen LogP contribution in [0.1, 0.15) is 61.8 Å². The Labute approximate surface area is 314 Å². The third kappa shape index (κ3) is 8.80. The van der Waals surface area contributed by atoms with Gasteiger partial charge in [-0.15, -0.1) is 11.8 Å². The Morgan fingerprint density at radius 2 is 1.64 bits per heavy atom. The van der Waals surface area contributed by atoms with Gasteiger partial charge in [0.2, 0.25) is 15.9 Å². The summed E-state index contributed by atoms with van der Waals surface area (Å²) in [6.07, 6.45) is 1.67. The van der Waals surface area contributed by atoms with Crippen LogP contribution in [0, 0.1) is 0 Å². The van der Waals surface area contributed by atoms with Crippen LogP contribution in [0.15, 0.2) is 58.3 Å². The number of β-amino-alcohol motifs (C(OH)–C–C–N with tert-alkyl or cyclic N) is 1. The summed E-state index contributed by atoms with van der Waals surface area (Å²) >= 11 is 1.19. The van der Waals surface area contributed by atoms with Crippen LogP contribution in [0.25, 0.3) is 11.3 Å². The first-order valence-electron chi connectivity index (χ1n) is 18.9. The summed E-state index contributed by atoms with van der Waals surface area (Å²) < 4.78 is 73.4. The molecule has 0 saturated carbocycles. The minimum atomic E-state index is -4.53. The number of sulfonamides is 1. The lowest BCUT2D eigenvalue weighted by Gasteiger charge is -2.37. The molecule has 53 heavy (non-hydrogen) atoms. The fraction of sp³-hybridized carbons (Fsp3) is 0.579. The topological polar surface area (TPSA) is 102 Å². The molecular formula is C38H49F3N6O4S2. The Morgan fingerprint density at radius 1 is 0.887 bits per heavy atom. The molecule has 288 valence electrons. The van der Waals surface area contributed by atoms with E-state index in [9.17, 15) is 31.5 Å². The summed E-state index contributed by atoms with van der Waals surface area (Å²) in [5.74, 6) is 0.744. The van der Waals surface area contributed by atoms with Gasteiger partial charge in [-0.1, -0.05) is 30.7 Å². The second kappa shape index (κ2) is 16.4. The summed E-state index contributed by atoms with van der Waals surface area (Å²) in [5.41, 5.74) is 1.65. The monoisotopic (exact) mass is 774 g/mol. The molecule has 7 rings (SSSR count). The van der Waals surface area contributed by atoms with Crippen molar-refractivity contribution in [3.63, 3.8) is 0 Å². The quantitative estimate of drug-likeness (QED) is 0.246. The van der Waals surface area contributed by atoms with E-state index >= 15 is 0 Å². The number of benzene rings is 2. The Kier molecular flexibility index (Phi) is 11.9. The van der Waals surface area contributed by atoms with Crippen molar-refractivity contribution in [1.29, 1.82) is 0 Å². The molecule has 0 aliphatic carbocycles. The van der Waals surface area contributed by atoms with E-state index < -0.39 is 27.9 Å². The highest BCUT2D eigenvalue weighted by molar-refractivity contribution is 7.99. The lowest BCUT2D eigenvalue weighted by molar-refractivity contribution is -0.139. The van der Waals surface area contributed by atoms with E-state index in [0.29, 0.717) is 48.5 Å². The predicted molar refractivity (Wildman–Crippen MR) is 198 cm³/mol. The van der Waals surface area contributed by atoms with Gasteiger partial charge in [0.1, 0.15) is 0 Å². The maximum absolute atomic E-state index is 14.3. The summed E-state index contributed by atoms with van der Waals surface area (Å²) in [6.45, 7) is 5.78. The van der Waals surface area contributed by atoms with Crippen LogP contribution in [0.5, 0.6) is 0 Å². The molecule has 3 fully saturated rings. The Balaban J connectivity index is 1.14. The zero-order chi connectivity index (χ0) is 37.2. The molecule has 2 aromatic carbocycles.